The molecule has 0 aliphatic rings. The van der Waals surface area contributed by atoms with Crippen molar-refractivity contribution in [3.63, 3.8) is 0 Å². The zero-order valence-corrected chi connectivity index (χ0v) is 26.5. The van der Waals surface area contributed by atoms with Crippen molar-refractivity contribution in [2.45, 2.75) is 43.8 Å². The van der Waals surface area contributed by atoms with Gasteiger partial charge in [-0.2, -0.15) is 0 Å². The van der Waals surface area contributed by atoms with Gasteiger partial charge in [0.15, 0.2) is 0 Å². The third kappa shape index (κ3) is 8.39. The van der Waals surface area contributed by atoms with Crippen LogP contribution in [0.15, 0.2) is 114 Å². The van der Waals surface area contributed by atoms with Gasteiger partial charge in [-0.15, -0.1) is 0 Å². The van der Waals surface area contributed by atoms with Crippen molar-refractivity contribution in [2.75, 3.05) is 18.0 Å². The van der Waals surface area contributed by atoms with Crippen molar-refractivity contribution in [1.82, 2.24) is 10.2 Å². The standard InChI is InChI=1S/C34H36ClN3O5S/c1-25(2)36-34(40)32(22-26-10-6-4-7-11-26)37(23-27-14-16-28(35)17-15-27)33(39)24-38(29-18-20-30(43-3)21-19-29)44(41,42)31-12-8-5-9-13-31/h4-21,25,32H,22-24H2,1-3H3,(H,36,40)/t32-/m1/s1. The number of hydrogen-bond acceptors (Lipinski definition) is 5. The van der Waals surface area contributed by atoms with Gasteiger partial charge in [-0.1, -0.05) is 72.3 Å². The van der Waals surface area contributed by atoms with Gasteiger partial charge in [0, 0.05) is 24.0 Å². The maximum Gasteiger partial charge on any atom is 0.264 e. The molecule has 10 heteroatoms. The molecule has 0 aliphatic carbocycles. The first-order chi connectivity index (χ1) is 21.1. The molecule has 0 aromatic heterocycles. The van der Waals surface area contributed by atoms with Gasteiger partial charge in [-0.05, 0) is 73.5 Å². The normalized spacial score (nSPS) is 11.9. The lowest BCUT2D eigenvalue weighted by Gasteiger charge is -2.34. The number of carbonyl (C=O) groups excluding carboxylic acids is 2. The van der Waals surface area contributed by atoms with Crippen LogP contribution in [0.1, 0.15) is 25.0 Å². The van der Waals surface area contributed by atoms with E-state index in [1.807, 2.05) is 44.2 Å². The SMILES string of the molecule is COc1ccc(N(CC(=O)N(Cc2ccc(Cl)cc2)[C@H](Cc2ccccc2)C(=O)NC(C)C)S(=O)(=O)c2ccccc2)cc1. The Bertz CT molecular complexity index is 1630. The van der Waals surface area contributed by atoms with E-state index < -0.39 is 28.5 Å². The van der Waals surface area contributed by atoms with E-state index in [0.29, 0.717) is 10.8 Å². The van der Waals surface area contributed by atoms with Crippen molar-refractivity contribution in [3.8, 4) is 5.75 Å². The molecule has 230 valence electrons. The average Bonchev–Trinajstić information content (AvgIpc) is 3.03. The summed E-state index contributed by atoms with van der Waals surface area (Å²) in [6.07, 6.45) is 0.229. The summed E-state index contributed by atoms with van der Waals surface area (Å²) in [7, 11) is -2.66. The monoisotopic (exact) mass is 633 g/mol. The molecule has 4 aromatic carbocycles. The van der Waals surface area contributed by atoms with Gasteiger partial charge in [-0.25, -0.2) is 8.42 Å². The van der Waals surface area contributed by atoms with Crippen LogP contribution in [0, 0.1) is 0 Å². The van der Waals surface area contributed by atoms with Crippen LogP contribution in [0.5, 0.6) is 5.75 Å². The molecule has 0 aliphatic heterocycles. The number of ether oxygens (including phenoxy) is 1. The van der Waals surface area contributed by atoms with Crippen molar-refractivity contribution in [2.24, 2.45) is 0 Å². The Balaban J connectivity index is 1.79. The Labute approximate surface area is 264 Å². The van der Waals surface area contributed by atoms with E-state index in [1.54, 1.807) is 66.7 Å². The fraction of sp³-hybridized carbons (Fsp3) is 0.235. The highest BCUT2D eigenvalue weighted by Gasteiger charge is 2.34. The molecule has 0 unspecified atom stereocenters. The number of methoxy groups -OCH3 is 1. The Morgan fingerprint density at radius 3 is 1.98 bits per heavy atom. The summed E-state index contributed by atoms with van der Waals surface area (Å²) in [6, 6.07) is 29.7. The molecule has 1 N–H and O–H groups in total. The maximum atomic E-state index is 14.4. The van der Waals surface area contributed by atoms with Crippen LogP contribution in [0.25, 0.3) is 0 Å². The maximum absolute atomic E-state index is 14.4. The Hall–Kier alpha value is -4.34. The minimum absolute atomic E-state index is 0.0336. The summed E-state index contributed by atoms with van der Waals surface area (Å²) in [5.41, 5.74) is 1.87. The predicted molar refractivity (Wildman–Crippen MR) is 173 cm³/mol. The molecule has 4 aromatic rings. The summed E-state index contributed by atoms with van der Waals surface area (Å²) in [4.78, 5) is 29.6. The second-order valence-electron chi connectivity index (χ2n) is 10.5. The molecule has 8 nitrogen and oxygen atoms in total. The number of benzene rings is 4. The largest absolute Gasteiger partial charge is 0.497 e. The molecule has 2 amide bonds. The summed E-state index contributed by atoms with van der Waals surface area (Å²) < 4.78 is 34.4. The number of rotatable bonds is 13. The van der Waals surface area contributed by atoms with E-state index in [-0.39, 0.29) is 35.5 Å². The molecule has 44 heavy (non-hydrogen) atoms. The zero-order chi connectivity index (χ0) is 31.7. The molecule has 0 spiro atoms. The highest BCUT2D eigenvalue weighted by Crippen LogP contribution is 2.27. The lowest BCUT2D eigenvalue weighted by Crippen LogP contribution is -2.54. The Morgan fingerprint density at radius 2 is 1.41 bits per heavy atom. The summed E-state index contributed by atoms with van der Waals surface area (Å²) >= 11 is 6.13. The molecular formula is C34H36ClN3O5S. The Morgan fingerprint density at radius 1 is 0.818 bits per heavy atom. The number of halogens is 1. The van der Waals surface area contributed by atoms with Crippen LogP contribution >= 0.6 is 11.6 Å². The number of amides is 2. The van der Waals surface area contributed by atoms with E-state index in [2.05, 4.69) is 5.32 Å². The van der Waals surface area contributed by atoms with E-state index >= 15 is 0 Å². The first-order valence-electron chi connectivity index (χ1n) is 14.2. The third-order valence-corrected chi connectivity index (χ3v) is 8.98. The fourth-order valence-electron chi connectivity index (χ4n) is 4.72. The van der Waals surface area contributed by atoms with Gasteiger partial charge in [0.05, 0.1) is 17.7 Å². The van der Waals surface area contributed by atoms with Crippen LogP contribution < -0.4 is 14.4 Å². The number of nitrogens with one attached hydrogen (secondary N) is 1. The molecule has 0 bridgehead atoms. The average molecular weight is 634 g/mol. The summed E-state index contributed by atoms with van der Waals surface area (Å²) in [5, 5.41) is 3.48. The van der Waals surface area contributed by atoms with Gasteiger partial charge < -0.3 is 15.0 Å². The molecule has 0 saturated heterocycles. The van der Waals surface area contributed by atoms with Crippen LogP contribution in [0.3, 0.4) is 0 Å². The zero-order valence-electron chi connectivity index (χ0n) is 24.9. The topological polar surface area (TPSA) is 96.0 Å². The molecule has 0 saturated carbocycles. The van der Waals surface area contributed by atoms with E-state index in [0.717, 1.165) is 15.4 Å². The van der Waals surface area contributed by atoms with E-state index in [9.17, 15) is 18.0 Å². The summed E-state index contributed by atoms with van der Waals surface area (Å²) in [5.74, 6) is -0.349. The first kappa shape index (κ1) is 32.6. The smallest absolute Gasteiger partial charge is 0.264 e. The molecule has 0 radical (unpaired) electrons. The minimum atomic E-state index is -4.18. The predicted octanol–water partition coefficient (Wildman–Crippen LogP) is 5.71. The number of anilines is 1. The van der Waals surface area contributed by atoms with Gasteiger partial charge in [-0.3, -0.25) is 13.9 Å². The molecule has 0 fully saturated rings. The van der Waals surface area contributed by atoms with Crippen LogP contribution in [0.2, 0.25) is 5.02 Å². The van der Waals surface area contributed by atoms with Crippen molar-refractivity contribution < 1.29 is 22.7 Å². The fourth-order valence-corrected chi connectivity index (χ4v) is 6.28. The lowest BCUT2D eigenvalue weighted by molar-refractivity contribution is -0.140. The quantitative estimate of drug-likeness (QED) is 0.204. The van der Waals surface area contributed by atoms with Crippen molar-refractivity contribution >= 4 is 39.1 Å². The highest BCUT2D eigenvalue weighted by atomic mass is 35.5. The lowest BCUT2D eigenvalue weighted by atomic mass is 10.0. The van der Waals surface area contributed by atoms with Crippen LogP contribution in [-0.4, -0.2) is 50.9 Å². The van der Waals surface area contributed by atoms with E-state index in [1.165, 1.54) is 24.1 Å². The molecule has 4 rings (SSSR count). The van der Waals surface area contributed by atoms with E-state index in [4.69, 9.17) is 16.3 Å². The number of hydrogen-bond donors (Lipinski definition) is 1. The van der Waals surface area contributed by atoms with Crippen LogP contribution in [0.4, 0.5) is 5.69 Å². The third-order valence-electron chi connectivity index (χ3n) is 6.94. The Kier molecular flexibility index (Phi) is 11.0. The van der Waals surface area contributed by atoms with Crippen LogP contribution in [-0.2, 0) is 32.6 Å². The van der Waals surface area contributed by atoms with Crippen molar-refractivity contribution in [3.05, 3.63) is 125 Å². The molecule has 0 heterocycles. The number of carbonyl (C=O) groups is 2. The minimum Gasteiger partial charge on any atom is -0.497 e. The number of nitrogens with zero attached hydrogens (tertiary/aromatic N) is 2. The van der Waals surface area contributed by atoms with Gasteiger partial charge in [0.2, 0.25) is 11.8 Å². The highest BCUT2D eigenvalue weighted by molar-refractivity contribution is 7.92. The van der Waals surface area contributed by atoms with Crippen molar-refractivity contribution in [1.29, 1.82) is 0 Å². The number of sulfonamides is 1. The molecule has 1 atom stereocenters. The second kappa shape index (κ2) is 14.9. The van der Waals surface area contributed by atoms with Gasteiger partial charge >= 0.3 is 0 Å². The van der Waals surface area contributed by atoms with Gasteiger partial charge in [0.1, 0.15) is 18.3 Å². The first-order valence-corrected chi connectivity index (χ1v) is 16.0. The molecular weight excluding hydrogens is 598 g/mol. The second-order valence-corrected chi connectivity index (χ2v) is 12.8. The summed E-state index contributed by atoms with van der Waals surface area (Å²) in [6.45, 7) is 3.21. The van der Waals surface area contributed by atoms with Gasteiger partial charge in [0.25, 0.3) is 10.0 Å².